The maximum atomic E-state index is 5.94. The van der Waals surface area contributed by atoms with Crippen molar-refractivity contribution in [1.29, 1.82) is 0 Å². The number of anilines is 1. The van der Waals surface area contributed by atoms with Crippen LogP contribution in [-0.4, -0.2) is 19.8 Å². The molecule has 19 heavy (non-hydrogen) atoms. The Balaban J connectivity index is 1.84. The zero-order chi connectivity index (χ0) is 13.2. The van der Waals surface area contributed by atoms with Gasteiger partial charge in [-0.3, -0.25) is 0 Å². The standard InChI is InChI=1S/C13H12ClN5/c1-9-5-6-12-16-17-13(19(12)18-9)8-15-11-4-2-3-10(14)7-11/h2-7,15H,8H2,1H3. The summed E-state index contributed by atoms with van der Waals surface area (Å²) in [5, 5.41) is 16.5. The van der Waals surface area contributed by atoms with Crippen molar-refractivity contribution in [2.75, 3.05) is 5.32 Å². The lowest BCUT2D eigenvalue weighted by atomic mass is 10.3. The van der Waals surface area contributed by atoms with E-state index >= 15 is 0 Å². The van der Waals surface area contributed by atoms with E-state index in [-0.39, 0.29) is 0 Å². The van der Waals surface area contributed by atoms with Crippen LogP contribution in [0.2, 0.25) is 5.02 Å². The minimum Gasteiger partial charge on any atom is -0.378 e. The summed E-state index contributed by atoms with van der Waals surface area (Å²) in [4.78, 5) is 0. The highest BCUT2D eigenvalue weighted by molar-refractivity contribution is 6.30. The van der Waals surface area contributed by atoms with E-state index in [9.17, 15) is 0 Å². The summed E-state index contributed by atoms with van der Waals surface area (Å²) >= 11 is 5.94. The number of hydrogen-bond donors (Lipinski definition) is 1. The van der Waals surface area contributed by atoms with E-state index in [4.69, 9.17) is 11.6 Å². The van der Waals surface area contributed by atoms with E-state index < -0.39 is 0 Å². The zero-order valence-corrected chi connectivity index (χ0v) is 11.1. The smallest absolute Gasteiger partial charge is 0.177 e. The molecule has 2 aromatic heterocycles. The number of aromatic nitrogens is 4. The van der Waals surface area contributed by atoms with Crippen molar-refractivity contribution < 1.29 is 0 Å². The summed E-state index contributed by atoms with van der Waals surface area (Å²) in [6.45, 7) is 2.48. The van der Waals surface area contributed by atoms with Crippen molar-refractivity contribution in [3.05, 3.63) is 52.9 Å². The van der Waals surface area contributed by atoms with Gasteiger partial charge >= 0.3 is 0 Å². The van der Waals surface area contributed by atoms with Crippen LogP contribution in [0.25, 0.3) is 5.65 Å². The van der Waals surface area contributed by atoms with E-state index in [1.807, 2.05) is 43.3 Å². The van der Waals surface area contributed by atoms with Crippen LogP contribution in [-0.2, 0) is 6.54 Å². The molecule has 0 fully saturated rings. The molecule has 1 aromatic carbocycles. The van der Waals surface area contributed by atoms with Gasteiger partial charge in [0, 0.05) is 10.7 Å². The molecule has 0 aliphatic carbocycles. The fourth-order valence-electron chi connectivity index (χ4n) is 1.81. The van der Waals surface area contributed by atoms with Crippen LogP contribution in [0.4, 0.5) is 5.69 Å². The van der Waals surface area contributed by atoms with Gasteiger partial charge in [0.05, 0.1) is 12.2 Å². The molecule has 0 saturated heterocycles. The van der Waals surface area contributed by atoms with Gasteiger partial charge in [-0.1, -0.05) is 17.7 Å². The van der Waals surface area contributed by atoms with Crippen LogP contribution in [0.1, 0.15) is 11.5 Å². The second kappa shape index (κ2) is 4.85. The molecule has 0 spiro atoms. The number of nitrogens with one attached hydrogen (secondary N) is 1. The van der Waals surface area contributed by atoms with Gasteiger partial charge < -0.3 is 5.32 Å². The Morgan fingerprint density at radius 1 is 1.21 bits per heavy atom. The van der Waals surface area contributed by atoms with Crippen molar-refractivity contribution in [3.63, 3.8) is 0 Å². The second-order valence-electron chi connectivity index (χ2n) is 4.22. The Bertz CT molecular complexity index is 722. The number of benzene rings is 1. The first-order chi connectivity index (χ1) is 9.22. The molecule has 3 rings (SSSR count). The third kappa shape index (κ3) is 2.51. The number of rotatable bonds is 3. The fraction of sp³-hybridized carbons (Fsp3) is 0.154. The van der Waals surface area contributed by atoms with Crippen LogP contribution in [0.3, 0.4) is 0 Å². The van der Waals surface area contributed by atoms with Gasteiger partial charge in [0.15, 0.2) is 11.5 Å². The highest BCUT2D eigenvalue weighted by Gasteiger charge is 2.06. The fourth-order valence-corrected chi connectivity index (χ4v) is 2.01. The monoisotopic (exact) mass is 273 g/mol. The molecule has 0 bridgehead atoms. The van der Waals surface area contributed by atoms with Crippen molar-refractivity contribution in [2.24, 2.45) is 0 Å². The van der Waals surface area contributed by atoms with Crippen molar-refractivity contribution >= 4 is 22.9 Å². The van der Waals surface area contributed by atoms with E-state index in [1.54, 1.807) is 4.52 Å². The predicted molar refractivity (Wildman–Crippen MR) is 74.3 cm³/mol. The molecular formula is C13H12ClN5. The third-order valence-electron chi connectivity index (χ3n) is 2.74. The van der Waals surface area contributed by atoms with Crippen LogP contribution in [0, 0.1) is 6.92 Å². The number of halogens is 1. The quantitative estimate of drug-likeness (QED) is 0.797. The first-order valence-electron chi connectivity index (χ1n) is 5.90. The molecule has 0 aliphatic rings. The Morgan fingerprint density at radius 3 is 2.95 bits per heavy atom. The van der Waals surface area contributed by atoms with Crippen LogP contribution >= 0.6 is 11.6 Å². The Labute approximate surface area is 115 Å². The average Bonchev–Trinajstić information content (AvgIpc) is 2.79. The van der Waals surface area contributed by atoms with E-state index in [1.165, 1.54) is 0 Å². The number of aryl methyl sites for hydroxylation is 1. The van der Waals surface area contributed by atoms with Crippen molar-refractivity contribution in [2.45, 2.75) is 13.5 Å². The SMILES string of the molecule is Cc1ccc2nnc(CNc3cccc(Cl)c3)n2n1. The molecule has 96 valence electrons. The third-order valence-corrected chi connectivity index (χ3v) is 2.97. The summed E-state index contributed by atoms with van der Waals surface area (Å²) in [7, 11) is 0. The lowest BCUT2D eigenvalue weighted by Crippen LogP contribution is -2.06. The van der Waals surface area contributed by atoms with Gasteiger partial charge in [0.2, 0.25) is 0 Å². The predicted octanol–water partition coefficient (Wildman–Crippen LogP) is 2.70. The molecule has 5 nitrogen and oxygen atoms in total. The maximum Gasteiger partial charge on any atom is 0.177 e. The van der Waals surface area contributed by atoms with E-state index in [2.05, 4.69) is 20.6 Å². The summed E-state index contributed by atoms with van der Waals surface area (Å²) < 4.78 is 1.74. The van der Waals surface area contributed by atoms with Gasteiger partial charge in [0.1, 0.15) is 0 Å². The molecule has 0 amide bonds. The first kappa shape index (κ1) is 11.9. The molecule has 2 heterocycles. The summed E-state index contributed by atoms with van der Waals surface area (Å²) in [5.74, 6) is 0.763. The minimum absolute atomic E-state index is 0.540. The molecule has 0 atom stereocenters. The highest BCUT2D eigenvalue weighted by Crippen LogP contribution is 2.15. The highest BCUT2D eigenvalue weighted by atomic mass is 35.5. The lowest BCUT2D eigenvalue weighted by Gasteiger charge is -2.05. The Morgan fingerprint density at radius 2 is 2.11 bits per heavy atom. The summed E-state index contributed by atoms with van der Waals surface area (Å²) in [6.07, 6.45) is 0. The number of hydrogen-bond acceptors (Lipinski definition) is 4. The molecule has 0 aliphatic heterocycles. The number of nitrogens with zero attached hydrogens (tertiary/aromatic N) is 4. The normalized spacial score (nSPS) is 10.8. The van der Waals surface area contributed by atoms with Gasteiger partial charge in [-0.15, -0.1) is 10.2 Å². The average molecular weight is 274 g/mol. The Hall–Kier alpha value is -2.14. The molecule has 0 radical (unpaired) electrons. The summed E-state index contributed by atoms with van der Waals surface area (Å²) in [6, 6.07) is 11.4. The Kier molecular flexibility index (Phi) is 3.05. The van der Waals surface area contributed by atoms with Crippen molar-refractivity contribution in [3.8, 4) is 0 Å². The molecule has 6 heteroatoms. The topological polar surface area (TPSA) is 55.1 Å². The molecule has 0 saturated carbocycles. The second-order valence-corrected chi connectivity index (χ2v) is 4.66. The zero-order valence-electron chi connectivity index (χ0n) is 10.3. The van der Waals surface area contributed by atoms with Crippen LogP contribution < -0.4 is 5.32 Å². The van der Waals surface area contributed by atoms with Crippen molar-refractivity contribution in [1.82, 2.24) is 19.8 Å². The molecule has 3 aromatic rings. The van der Waals surface area contributed by atoms with Crippen LogP contribution in [0.5, 0.6) is 0 Å². The first-order valence-corrected chi connectivity index (χ1v) is 6.27. The molecular weight excluding hydrogens is 262 g/mol. The molecule has 1 N–H and O–H groups in total. The minimum atomic E-state index is 0.540. The van der Waals surface area contributed by atoms with E-state index in [0.717, 1.165) is 22.9 Å². The largest absolute Gasteiger partial charge is 0.378 e. The molecule has 0 unspecified atom stereocenters. The maximum absolute atomic E-state index is 5.94. The lowest BCUT2D eigenvalue weighted by molar-refractivity contribution is 0.812. The van der Waals surface area contributed by atoms with Gasteiger partial charge in [-0.2, -0.15) is 9.61 Å². The number of fused-ring (bicyclic) bond motifs is 1. The van der Waals surface area contributed by atoms with Gasteiger partial charge in [-0.05, 0) is 37.3 Å². The van der Waals surface area contributed by atoms with Gasteiger partial charge in [0.25, 0.3) is 0 Å². The van der Waals surface area contributed by atoms with Gasteiger partial charge in [-0.25, -0.2) is 0 Å². The summed E-state index contributed by atoms with van der Waals surface area (Å²) in [5.41, 5.74) is 2.61. The van der Waals surface area contributed by atoms with Crippen LogP contribution in [0.15, 0.2) is 36.4 Å². The van der Waals surface area contributed by atoms with E-state index in [0.29, 0.717) is 11.6 Å².